The highest BCUT2D eigenvalue weighted by Gasteiger charge is 2.42. The Kier molecular flexibility index (Phi) is 7.31. The number of alkyl halides is 4. The Morgan fingerprint density at radius 2 is 1.76 bits per heavy atom. The fourth-order valence-corrected chi connectivity index (χ4v) is 3.75. The number of hydrogen-bond acceptors (Lipinski definition) is 6. The minimum Gasteiger partial charge on any atom is -0.487 e. The van der Waals surface area contributed by atoms with Gasteiger partial charge in [0.15, 0.2) is 6.61 Å². The Balaban J connectivity index is 1.64. The molecule has 0 bridgehead atoms. The molecule has 202 valence electrons. The zero-order chi connectivity index (χ0) is 27.7. The second kappa shape index (κ2) is 10.3. The van der Waals surface area contributed by atoms with Crippen LogP contribution in [-0.4, -0.2) is 53.2 Å². The van der Waals surface area contributed by atoms with Gasteiger partial charge in [-0.05, 0) is 37.3 Å². The highest BCUT2D eigenvalue weighted by Crippen LogP contribution is 2.36. The predicted molar refractivity (Wildman–Crippen MR) is 119 cm³/mol. The van der Waals surface area contributed by atoms with Crippen LogP contribution in [0.1, 0.15) is 18.5 Å². The summed E-state index contributed by atoms with van der Waals surface area (Å²) in [6.45, 7) is -0.506. The Labute approximate surface area is 210 Å². The van der Waals surface area contributed by atoms with Gasteiger partial charge in [-0.2, -0.15) is 19.0 Å². The summed E-state index contributed by atoms with van der Waals surface area (Å²) in [6, 6.07) is 6.37. The molecule has 0 aliphatic heterocycles. The monoisotopic (exact) mass is 542 g/mol. The minimum absolute atomic E-state index is 0.142. The number of halogens is 6. The van der Waals surface area contributed by atoms with Gasteiger partial charge in [-0.3, -0.25) is 0 Å². The Morgan fingerprint density at radius 1 is 1.05 bits per heavy atom. The number of rotatable bonds is 10. The molecule has 38 heavy (non-hydrogen) atoms. The van der Waals surface area contributed by atoms with Crippen molar-refractivity contribution in [2.75, 3.05) is 6.61 Å². The average molecular weight is 542 g/mol. The molecule has 0 amide bonds. The maximum atomic E-state index is 14.8. The number of benzene rings is 2. The highest BCUT2D eigenvalue weighted by molar-refractivity contribution is 5.37. The summed E-state index contributed by atoms with van der Waals surface area (Å²) < 4.78 is 87.0. The molecule has 4 aromatic rings. The fraction of sp³-hybridized carbons (Fsp3) is 0.304. The van der Waals surface area contributed by atoms with Gasteiger partial charge in [0, 0.05) is 11.6 Å². The quantitative estimate of drug-likeness (QED) is 0.309. The molecule has 2 aromatic heterocycles. The van der Waals surface area contributed by atoms with Crippen molar-refractivity contribution in [2.45, 2.75) is 37.5 Å². The van der Waals surface area contributed by atoms with Crippen LogP contribution in [0.5, 0.6) is 5.75 Å². The van der Waals surface area contributed by atoms with Crippen LogP contribution < -0.4 is 10.4 Å². The van der Waals surface area contributed by atoms with Gasteiger partial charge in [-0.15, -0.1) is 0 Å². The van der Waals surface area contributed by atoms with Crippen LogP contribution in [-0.2, 0) is 12.1 Å². The summed E-state index contributed by atoms with van der Waals surface area (Å²) in [4.78, 5) is 17.0. The zero-order valence-corrected chi connectivity index (χ0v) is 19.6. The normalized spacial score (nSPS) is 14.4. The lowest BCUT2D eigenvalue weighted by Gasteiger charge is -2.34. The Morgan fingerprint density at radius 3 is 2.37 bits per heavy atom. The summed E-state index contributed by atoms with van der Waals surface area (Å²) >= 11 is 0. The maximum absolute atomic E-state index is 14.8. The highest BCUT2D eigenvalue weighted by atomic mass is 19.3. The van der Waals surface area contributed by atoms with Crippen molar-refractivity contribution < 1.29 is 36.2 Å². The SMILES string of the molecule is C[C@H](n1ncn(-c2ccc(OCC(F)(F)C(F)F)cc2)c1=O)[C@](O)(Cn1cncn1)c1ccc(F)cc1F. The van der Waals surface area contributed by atoms with Gasteiger partial charge < -0.3 is 9.84 Å². The first-order valence-electron chi connectivity index (χ1n) is 11.0. The van der Waals surface area contributed by atoms with E-state index in [2.05, 4.69) is 15.2 Å². The van der Waals surface area contributed by atoms with Crippen molar-refractivity contribution >= 4 is 0 Å². The van der Waals surface area contributed by atoms with Gasteiger partial charge >= 0.3 is 18.0 Å². The lowest BCUT2D eigenvalue weighted by Crippen LogP contribution is -2.44. The summed E-state index contributed by atoms with van der Waals surface area (Å²) in [5.74, 6) is -6.40. The van der Waals surface area contributed by atoms with Crippen LogP contribution in [0.4, 0.5) is 26.3 Å². The van der Waals surface area contributed by atoms with Crippen LogP contribution in [0, 0.1) is 11.6 Å². The fourth-order valence-electron chi connectivity index (χ4n) is 3.75. The molecule has 0 aliphatic carbocycles. The van der Waals surface area contributed by atoms with Gasteiger partial charge in [0.25, 0.3) is 0 Å². The number of aliphatic hydroxyl groups is 1. The van der Waals surface area contributed by atoms with Gasteiger partial charge in [0.2, 0.25) is 0 Å². The van der Waals surface area contributed by atoms with Crippen molar-refractivity contribution in [1.82, 2.24) is 29.1 Å². The number of aromatic nitrogens is 6. The lowest BCUT2D eigenvalue weighted by molar-refractivity contribution is -0.148. The molecular weight excluding hydrogens is 522 g/mol. The van der Waals surface area contributed by atoms with E-state index >= 15 is 0 Å². The Hall–Kier alpha value is -4.14. The van der Waals surface area contributed by atoms with Crippen molar-refractivity contribution in [3.05, 3.63) is 89.1 Å². The molecule has 0 unspecified atom stereocenters. The summed E-state index contributed by atoms with van der Waals surface area (Å²) in [5.41, 5.74) is -3.03. The van der Waals surface area contributed by atoms with Crippen molar-refractivity contribution in [3.8, 4) is 11.4 Å². The second-order valence-electron chi connectivity index (χ2n) is 8.39. The molecule has 2 atom stereocenters. The second-order valence-corrected chi connectivity index (χ2v) is 8.39. The van der Waals surface area contributed by atoms with Crippen molar-refractivity contribution in [2.24, 2.45) is 0 Å². The molecule has 9 nitrogen and oxygen atoms in total. The summed E-state index contributed by atoms with van der Waals surface area (Å²) in [6.07, 6.45) is -0.327. The maximum Gasteiger partial charge on any atom is 0.350 e. The van der Waals surface area contributed by atoms with Gasteiger partial charge in [-0.1, -0.05) is 6.07 Å². The van der Waals surface area contributed by atoms with Crippen molar-refractivity contribution in [1.29, 1.82) is 0 Å². The Bertz CT molecular complexity index is 1440. The van der Waals surface area contributed by atoms with Gasteiger partial charge in [0.05, 0.1) is 18.3 Å². The van der Waals surface area contributed by atoms with E-state index < -0.39 is 47.9 Å². The first-order valence-corrected chi connectivity index (χ1v) is 11.0. The zero-order valence-electron chi connectivity index (χ0n) is 19.6. The van der Waals surface area contributed by atoms with Gasteiger partial charge in [0.1, 0.15) is 42.0 Å². The van der Waals surface area contributed by atoms with E-state index in [9.17, 15) is 36.2 Å². The molecule has 0 spiro atoms. The van der Waals surface area contributed by atoms with Crippen LogP contribution in [0.15, 0.2) is 66.2 Å². The van der Waals surface area contributed by atoms with E-state index in [1.54, 1.807) is 0 Å². The third-order valence-electron chi connectivity index (χ3n) is 5.88. The third-order valence-corrected chi connectivity index (χ3v) is 5.88. The minimum atomic E-state index is -4.33. The van der Waals surface area contributed by atoms with Crippen LogP contribution in [0.25, 0.3) is 5.69 Å². The molecule has 15 heteroatoms. The molecule has 2 aromatic carbocycles. The average Bonchev–Trinajstić information content (AvgIpc) is 3.52. The van der Waals surface area contributed by atoms with E-state index in [4.69, 9.17) is 4.74 Å². The summed E-state index contributed by atoms with van der Waals surface area (Å²) in [5, 5.41) is 19.6. The molecule has 4 rings (SSSR count). The molecule has 2 heterocycles. The lowest BCUT2D eigenvalue weighted by atomic mass is 9.86. The largest absolute Gasteiger partial charge is 0.487 e. The number of nitrogens with zero attached hydrogens (tertiary/aromatic N) is 6. The molecule has 1 N–H and O–H groups in total. The van der Waals surface area contributed by atoms with Crippen molar-refractivity contribution in [3.63, 3.8) is 0 Å². The first kappa shape index (κ1) is 26.9. The van der Waals surface area contributed by atoms with Crippen LogP contribution in [0.3, 0.4) is 0 Å². The van der Waals surface area contributed by atoms with E-state index in [0.29, 0.717) is 6.07 Å². The van der Waals surface area contributed by atoms with Crippen LogP contribution >= 0.6 is 0 Å². The summed E-state index contributed by atoms with van der Waals surface area (Å²) in [7, 11) is 0. The molecule has 0 radical (unpaired) electrons. The first-order chi connectivity index (χ1) is 17.9. The standard InChI is InChI=1S/C23H20F6N6O3/c1-14(22(37,9-33-12-30-11-31-33)18-7-2-15(24)8-19(18)25)35-21(36)34(13-32-35)16-3-5-17(6-4-16)38-10-23(28,29)20(26)27/h2-8,11-14,20,37H,9-10H2,1H3/t14-,22+/m0/s1. The van der Waals surface area contributed by atoms with E-state index in [1.807, 2.05) is 0 Å². The number of ether oxygens (including phenoxy) is 1. The molecular formula is C23H20F6N6O3. The van der Waals surface area contributed by atoms with Crippen LogP contribution in [0.2, 0.25) is 0 Å². The van der Waals surface area contributed by atoms with E-state index in [-0.39, 0.29) is 23.5 Å². The predicted octanol–water partition coefficient (Wildman–Crippen LogP) is 3.33. The third kappa shape index (κ3) is 5.27. The van der Waals surface area contributed by atoms with E-state index in [1.165, 1.54) is 48.5 Å². The molecule has 0 saturated carbocycles. The van der Waals surface area contributed by atoms with Gasteiger partial charge in [-0.25, -0.2) is 41.3 Å². The molecule has 0 fully saturated rings. The number of hydrogen-bond donors (Lipinski definition) is 1. The van der Waals surface area contributed by atoms with E-state index in [0.717, 1.165) is 27.7 Å². The molecule has 0 aliphatic rings. The molecule has 0 saturated heterocycles. The smallest absolute Gasteiger partial charge is 0.350 e. The topological polar surface area (TPSA) is 100.0 Å².